The molecule has 1 atom stereocenters. The second-order valence-corrected chi connectivity index (χ2v) is 9.10. The number of hydrazone groups is 1. The number of nitro benzene ring substituents is 2. The molecular formula is C21H18N8O7S. The van der Waals surface area contributed by atoms with Crippen molar-refractivity contribution >= 4 is 50.7 Å². The third kappa shape index (κ3) is 4.79. The largest absolute Gasteiger partial charge is 0.348 e. The Balaban J connectivity index is 1.78. The fraction of sp³-hybridized carbons (Fsp3) is 0.0476. The van der Waals surface area contributed by atoms with Crippen LogP contribution >= 0.6 is 0 Å². The number of rotatable bonds is 7. The molecule has 1 aliphatic heterocycles. The zero-order chi connectivity index (χ0) is 26.9. The van der Waals surface area contributed by atoms with Crippen molar-refractivity contribution in [1.29, 1.82) is 0 Å². The van der Waals surface area contributed by atoms with E-state index in [2.05, 4.69) is 10.4 Å². The number of para-hydroxylation sites is 4. The number of nitro groups is 2. The van der Waals surface area contributed by atoms with Crippen molar-refractivity contribution in [2.24, 2.45) is 16.0 Å². The first-order chi connectivity index (χ1) is 17.5. The lowest BCUT2D eigenvalue weighted by molar-refractivity contribution is -0.385. The first kappa shape index (κ1) is 25.2. The molecule has 3 aromatic rings. The lowest BCUT2D eigenvalue weighted by atomic mass is 10.1. The number of primary sulfonamides is 1. The summed E-state index contributed by atoms with van der Waals surface area (Å²) in [6, 6.07) is 14.8. The molecule has 1 heterocycles. The molecule has 0 spiro atoms. The van der Waals surface area contributed by atoms with Gasteiger partial charge in [-0.2, -0.15) is 10.1 Å². The molecule has 0 radical (unpaired) electrons. The molecule has 5 N–H and O–H groups in total. The molecular weight excluding hydrogens is 508 g/mol. The van der Waals surface area contributed by atoms with Crippen molar-refractivity contribution < 1.29 is 23.1 Å². The van der Waals surface area contributed by atoms with E-state index in [1.165, 1.54) is 60.7 Å². The van der Waals surface area contributed by atoms with Gasteiger partial charge < -0.3 is 5.32 Å². The van der Waals surface area contributed by atoms with Gasteiger partial charge in [-0.25, -0.2) is 13.6 Å². The minimum Gasteiger partial charge on any atom is -0.348 e. The highest BCUT2D eigenvalue weighted by Gasteiger charge is 2.37. The molecule has 190 valence electrons. The molecule has 1 unspecified atom stereocenters. The summed E-state index contributed by atoms with van der Waals surface area (Å²) in [7, 11) is -4.37. The number of hydrogen-bond donors (Lipinski definition) is 3. The Morgan fingerprint density at radius 2 is 1.51 bits per heavy atom. The first-order valence-electron chi connectivity index (χ1n) is 10.3. The van der Waals surface area contributed by atoms with Gasteiger partial charge in [0.15, 0.2) is 6.29 Å². The Labute approximate surface area is 208 Å². The number of benzene rings is 3. The maximum atomic E-state index is 13.1. The predicted octanol–water partition coefficient (Wildman–Crippen LogP) is 2.04. The van der Waals surface area contributed by atoms with Crippen LogP contribution < -0.4 is 21.1 Å². The number of nitrogens with zero attached hydrogens (tertiary/aromatic N) is 5. The third-order valence-corrected chi connectivity index (χ3v) is 6.25. The van der Waals surface area contributed by atoms with Crippen molar-refractivity contribution in [2.75, 3.05) is 10.2 Å². The van der Waals surface area contributed by atoms with Gasteiger partial charge in [-0.15, -0.1) is 0 Å². The Morgan fingerprint density at radius 1 is 0.919 bits per heavy atom. The third-order valence-electron chi connectivity index (χ3n) is 5.31. The Hall–Kier alpha value is -4.93. The van der Waals surface area contributed by atoms with Crippen LogP contribution in [0, 0.1) is 20.2 Å². The minimum atomic E-state index is -4.37. The number of amides is 1. The van der Waals surface area contributed by atoms with E-state index < -0.39 is 42.6 Å². The zero-order valence-corrected chi connectivity index (χ0v) is 19.5. The number of anilines is 3. The summed E-state index contributed by atoms with van der Waals surface area (Å²) in [5, 5.41) is 35.7. The van der Waals surface area contributed by atoms with Crippen LogP contribution in [0.3, 0.4) is 0 Å². The van der Waals surface area contributed by atoms with Gasteiger partial charge in [0, 0.05) is 12.1 Å². The first-order valence-corrected chi connectivity index (χ1v) is 11.9. The molecule has 1 amide bonds. The van der Waals surface area contributed by atoms with E-state index in [0.29, 0.717) is 0 Å². The molecule has 15 nitrogen and oxygen atoms in total. The summed E-state index contributed by atoms with van der Waals surface area (Å²) in [6.07, 6.45) is -0.409. The SMILES string of the molecule is NC1N(C(=O)c2ccccc2[N+](=O)[O-])N=CN1c1c(Nc2ccccc2[N+](=O)[O-])cccc1S(N)(=O)=O. The van der Waals surface area contributed by atoms with Crippen molar-refractivity contribution in [3.05, 3.63) is 92.5 Å². The number of hydrogen-bond acceptors (Lipinski definition) is 11. The highest BCUT2D eigenvalue weighted by molar-refractivity contribution is 7.89. The van der Waals surface area contributed by atoms with E-state index in [1.54, 1.807) is 0 Å². The maximum absolute atomic E-state index is 13.1. The van der Waals surface area contributed by atoms with E-state index in [0.717, 1.165) is 22.3 Å². The van der Waals surface area contributed by atoms with Gasteiger partial charge in [0.2, 0.25) is 10.0 Å². The van der Waals surface area contributed by atoms with Crippen molar-refractivity contribution in [2.45, 2.75) is 11.2 Å². The van der Waals surface area contributed by atoms with E-state index in [-0.39, 0.29) is 28.3 Å². The van der Waals surface area contributed by atoms with Crippen LogP contribution in [0.4, 0.5) is 28.4 Å². The normalized spacial score (nSPS) is 15.0. The van der Waals surface area contributed by atoms with Crippen molar-refractivity contribution in [3.63, 3.8) is 0 Å². The summed E-state index contributed by atoms with van der Waals surface area (Å²) in [6.45, 7) is 0. The van der Waals surface area contributed by atoms with Crippen LogP contribution in [0.25, 0.3) is 0 Å². The quantitative estimate of drug-likeness (QED) is 0.300. The number of sulfonamides is 1. The fourth-order valence-corrected chi connectivity index (χ4v) is 4.42. The van der Waals surface area contributed by atoms with Gasteiger partial charge >= 0.3 is 0 Å². The average Bonchev–Trinajstić information content (AvgIpc) is 3.23. The predicted molar refractivity (Wildman–Crippen MR) is 132 cm³/mol. The van der Waals surface area contributed by atoms with Crippen LogP contribution in [0.5, 0.6) is 0 Å². The highest BCUT2D eigenvalue weighted by Crippen LogP contribution is 2.38. The second-order valence-electron chi connectivity index (χ2n) is 7.57. The van der Waals surface area contributed by atoms with E-state index in [9.17, 15) is 33.4 Å². The van der Waals surface area contributed by atoms with Gasteiger partial charge in [-0.1, -0.05) is 30.3 Å². The smallest absolute Gasteiger partial charge is 0.292 e. The summed E-state index contributed by atoms with van der Waals surface area (Å²) in [4.78, 5) is 35.3. The van der Waals surface area contributed by atoms with E-state index in [1.807, 2.05) is 0 Å². The number of carbonyl (C=O) groups is 1. The van der Waals surface area contributed by atoms with Crippen LogP contribution in [0.2, 0.25) is 0 Å². The van der Waals surface area contributed by atoms with Gasteiger partial charge in [0.1, 0.15) is 22.5 Å². The van der Waals surface area contributed by atoms with Crippen LogP contribution in [-0.4, -0.2) is 41.8 Å². The molecule has 0 bridgehead atoms. The molecule has 3 aromatic carbocycles. The maximum Gasteiger partial charge on any atom is 0.292 e. The molecule has 0 fully saturated rings. The highest BCUT2D eigenvalue weighted by atomic mass is 32.2. The molecule has 0 aromatic heterocycles. The monoisotopic (exact) mass is 526 g/mol. The number of nitrogens with two attached hydrogens (primary N) is 2. The Bertz CT molecular complexity index is 1560. The van der Waals surface area contributed by atoms with Gasteiger partial charge in [0.25, 0.3) is 17.3 Å². The zero-order valence-electron chi connectivity index (χ0n) is 18.7. The molecule has 37 heavy (non-hydrogen) atoms. The molecule has 0 aliphatic carbocycles. The van der Waals surface area contributed by atoms with E-state index >= 15 is 0 Å². The molecule has 4 rings (SSSR count). The molecule has 0 saturated heterocycles. The number of nitrogens with one attached hydrogen (secondary N) is 1. The van der Waals surface area contributed by atoms with Crippen LogP contribution in [-0.2, 0) is 10.0 Å². The lowest BCUT2D eigenvalue weighted by Crippen LogP contribution is -2.49. The summed E-state index contributed by atoms with van der Waals surface area (Å²) >= 11 is 0. The standard InChI is InChI=1S/C21H18N8O7S/c22-21-26(12-24-27(21)20(30)13-6-1-3-9-16(13)28(31)32)19-15(8-5-11-18(19)37(23,35)36)25-14-7-2-4-10-17(14)29(33)34/h1-12,21,25H,22H2,(H2,23,35,36). The summed E-state index contributed by atoms with van der Waals surface area (Å²) in [5.41, 5.74) is 5.11. The van der Waals surface area contributed by atoms with Crippen molar-refractivity contribution in [1.82, 2.24) is 5.01 Å². The van der Waals surface area contributed by atoms with Crippen molar-refractivity contribution in [3.8, 4) is 0 Å². The average molecular weight is 526 g/mol. The topological polar surface area (TPSA) is 220 Å². The molecule has 1 aliphatic rings. The van der Waals surface area contributed by atoms with Gasteiger partial charge in [0.05, 0.1) is 21.2 Å². The van der Waals surface area contributed by atoms with Gasteiger partial charge in [-0.05, 0) is 24.3 Å². The molecule has 0 saturated carbocycles. The summed E-state index contributed by atoms with van der Waals surface area (Å²) in [5.74, 6) is -0.917. The minimum absolute atomic E-state index is 0.0397. The fourth-order valence-electron chi connectivity index (χ4n) is 3.67. The van der Waals surface area contributed by atoms with Gasteiger partial charge in [-0.3, -0.25) is 35.7 Å². The van der Waals surface area contributed by atoms with Crippen LogP contribution in [0.15, 0.2) is 76.7 Å². The Morgan fingerprint density at radius 3 is 2.16 bits per heavy atom. The van der Waals surface area contributed by atoms with Crippen LogP contribution in [0.1, 0.15) is 10.4 Å². The lowest BCUT2D eigenvalue weighted by Gasteiger charge is -2.28. The second kappa shape index (κ2) is 9.61. The Kier molecular flexibility index (Phi) is 6.54. The van der Waals surface area contributed by atoms with E-state index in [4.69, 9.17) is 10.9 Å². The molecule has 16 heteroatoms. The number of carbonyl (C=O) groups excluding carboxylic acids is 1. The summed E-state index contributed by atoms with van der Waals surface area (Å²) < 4.78 is 24.9.